The molecule has 0 bridgehead atoms. The third-order valence-corrected chi connectivity index (χ3v) is 3.23. The zero-order valence-corrected chi connectivity index (χ0v) is 12.2. The van der Waals surface area contributed by atoms with Crippen LogP contribution in [0.1, 0.15) is 33.6 Å². The second-order valence-corrected chi connectivity index (χ2v) is 5.15. The van der Waals surface area contributed by atoms with Crippen LogP contribution in [0.5, 0.6) is 0 Å². The van der Waals surface area contributed by atoms with Crippen molar-refractivity contribution >= 4 is 11.9 Å². The van der Waals surface area contributed by atoms with Crippen molar-refractivity contribution < 1.29 is 9.59 Å². The molecule has 1 heterocycles. The summed E-state index contributed by atoms with van der Waals surface area (Å²) in [4.78, 5) is 25.4. The Morgan fingerprint density at radius 2 is 1.84 bits per heavy atom. The average Bonchev–Trinajstić information content (AvgIpc) is 2.81. The lowest BCUT2D eigenvalue weighted by atomic mass is 10.2. The summed E-state index contributed by atoms with van der Waals surface area (Å²) in [5.74, 6) is -0.292. The van der Waals surface area contributed by atoms with Gasteiger partial charge in [-0.2, -0.15) is 0 Å². The van der Waals surface area contributed by atoms with E-state index in [9.17, 15) is 9.59 Å². The molecule has 1 aliphatic heterocycles. The number of hydrogen-bond donors (Lipinski definition) is 3. The summed E-state index contributed by atoms with van der Waals surface area (Å²) in [6.45, 7) is 9.38. The van der Waals surface area contributed by atoms with Crippen LogP contribution < -0.4 is 16.0 Å². The molecule has 1 saturated heterocycles. The molecule has 110 valence electrons. The molecule has 0 spiro atoms. The highest BCUT2D eigenvalue weighted by Gasteiger charge is 2.19. The van der Waals surface area contributed by atoms with Crippen molar-refractivity contribution in [3.8, 4) is 0 Å². The number of nitrogens with one attached hydrogen (secondary N) is 3. The summed E-state index contributed by atoms with van der Waals surface area (Å²) in [6.07, 6.45) is 2.53. The normalized spacial score (nSPS) is 18.9. The van der Waals surface area contributed by atoms with Gasteiger partial charge in [-0.3, -0.25) is 10.1 Å². The van der Waals surface area contributed by atoms with E-state index in [0.29, 0.717) is 6.54 Å². The number of carbonyl (C=O) groups is 2. The van der Waals surface area contributed by atoms with Gasteiger partial charge in [0.15, 0.2) is 0 Å². The van der Waals surface area contributed by atoms with Crippen LogP contribution in [0.25, 0.3) is 0 Å². The molecule has 2 unspecified atom stereocenters. The Labute approximate surface area is 115 Å². The molecule has 3 amide bonds. The number of imide groups is 1. The van der Waals surface area contributed by atoms with Gasteiger partial charge in [0.2, 0.25) is 5.91 Å². The van der Waals surface area contributed by atoms with Gasteiger partial charge in [0.05, 0.1) is 6.04 Å². The van der Waals surface area contributed by atoms with Gasteiger partial charge in [-0.05, 0) is 46.7 Å². The zero-order chi connectivity index (χ0) is 14.3. The average molecular weight is 270 g/mol. The van der Waals surface area contributed by atoms with Crippen LogP contribution >= 0.6 is 0 Å². The van der Waals surface area contributed by atoms with Crippen molar-refractivity contribution in [1.82, 2.24) is 20.9 Å². The van der Waals surface area contributed by atoms with Gasteiger partial charge in [0.25, 0.3) is 0 Å². The lowest BCUT2D eigenvalue weighted by Gasteiger charge is -2.24. The molecule has 19 heavy (non-hydrogen) atoms. The lowest BCUT2D eigenvalue weighted by Crippen LogP contribution is -2.51. The minimum atomic E-state index is -0.437. The highest BCUT2D eigenvalue weighted by atomic mass is 16.2. The Hall–Kier alpha value is -1.14. The van der Waals surface area contributed by atoms with E-state index >= 15 is 0 Å². The molecule has 6 nitrogen and oxygen atoms in total. The second-order valence-electron chi connectivity index (χ2n) is 5.15. The smallest absolute Gasteiger partial charge is 0.321 e. The molecule has 3 N–H and O–H groups in total. The molecule has 0 saturated carbocycles. The summed E-state index contributed by atoms with van der Waals surface area (Å²) < 4.78 is 0. The largest absolute Gasteiger partial charge is 0.338 e. The summed E-state index contributed by atoms with van der Waals surface area (Å²) >= 11 is 0. The van der Waals surface area contributed by atoms with E-state index in [1.54, 1.807) is 6.92 Å². The summed E-state index contributed by atoms with van der Waals surface area (Å²) in [7, 11) is 0. The van der Waals surface area contributed by atoms with E-state index in [1.165, 1.54) is 12.8 Å². The Balaban J connectivity index is 2.25. The van der Waals surface area contributed by atoms with Gasteiger partial charge in [0, 0.05) is 19.1 Å². The fraction of sp³-hybridized carbons (Fsp3) is 0.846. The Morgan fingerprint density at radius 3 is 2.42 bits per heavy atom. The van der Waals surface area contributed by atoms with E-state index in [1.807, 2.05) is 6.92 Å². The highest BCUT2D eigenvalue weighted by Crippen LogP contribution is 2.07. The van der Waals surface area contributed by atoms with Crippen LogP contribution in [0.2, 0.25) is 0 Å². The topological polar surface area (TPSA) is 73.5 Å². The molecular weight excluding hydrogens is 244 g/mol. The summed E-state index contributed by atoms with van der Waals surface area (Å²) in [5.41, 5.74) is 0. The Morgan fingerprint density at radius 1 is 1.21 bits per heavy atom. The minimum Gasteiger partial charge on any atom is -0.338 e. The molecule has 1 rings (SSSR count). The second kappa shape index (κ2) is 8.12. The van der Waals surface area contributed by atoms with Gasteiger partial charge in [-0.25, -0.2) is 4.79 Å². The molecule has 0 aromatic carbocycles. The maximum atomic E-state index is 11.8. The third kappa shape index (κ3) is 6.02. The van der Waals surface area contributed by atoms with Crippen LogP contribution in [-0.2, 0) is 4.79 Å². The van der Waals surface area contributed by atoms with Crippen molar-refractivity contribution in [1.29, 1.82) is 0 Å². The number of carbonyl (C=O) groups excluding carboxylic acids is 2. The fourth-order valence-corrected chi connectivity index (χ4v) is 2.33. The Bertz CT molecular complexity index is 303. The number of amides is 3. The number of likely N-dealkylation sites (tertiary alicyclic amines) is 1. The van der Waals surface area contributed by atoms with Gasteiger partial charge in [-0.15, -0.1) is 0 Å². The van der Waals surface area contributed by atoms with Crippen LogP contribution in [0.3, 0.4) is 0 Å². The standard InChI is InChI=1S/C13H26N4O2/c1-4-14-13(19)16-12(18)11(3)15-10(2)9-17-7-5-6-8-17/h10-11,15H,4-9H2,1-3H3,(H2,14,16,18,19). The van der Waals surface area contributed by atoms with Gasteiger partial charge in [0.1, 0.15) is 0 Å². The Kier molecular flexibility index (Phi) is 6.80. The molecule has 0 aliphatic carbocycles. The first-order valence-corrected chi connectivity index (χ1v) is 7.10. The molecule has 0 aromatic rings. The maximum Gasteiger partial charge on any atom is 0.321 e. The summed E-state index contributed by atoms with van der Waals surface area (Å²) in [6, 6.07) is -0.582. The molecule has 2 atom stereocenters. The molecule has 0 radical (unpaired) electrons. The van der Waals surface area contributed by atoms with Crippen LogP contribution in [0.4, 0.5) is 4.79 Å². The van der Waals surface area contributed by atoms with E-state index in [2.05, 4.69) is 27.8 Å². The molecule has 1 aliphatic rings. The van der Waals surface area contributed by atoms with Gasteiger partial charge >= 0.3 is 6.03 Å². The van der Waals surface area contributed by atoms with E-state index in [4.69, 9.17) is 0 Å². The molecule has 6 heteroatoms. The van der Waals surface area contributed by atoms with Crippen LogP contribution in [-0.4, -0.2) is 55.1 Å². The van der Waals surface area contributed by atoms with E-state index in [0.717, 1.165) is 19.6 Å². The molecular formula is C13H26N4O2. The number of hydrogen-bond acceptors (Lipinski definition) is 4. The molecule has 0 aromatic heterocycles. The number of urea groups is 1. The zero-order valence-electron chi connectivity index (χ0n) is 12.2. The first-order valence-electron chi connectivity index (χ1n) is 7.10. The van der Waals surface area contributed by atoms with Crippen molar-refractivity contribution in [3.05, 3.63) is 0 Å². The maximum absolute atomic E-state index is 11.8. The van der Waals surface area contributed by atoms with Crippen molar-refractivity contribution in [2.45, 2.75) is 45.7 Å². The third-order valence-electron chi connectivity index (χ3n) is 3.23. The quantitative estimate of drug-likeness (QED) is 0.649. The highest BCUT2D eigenvalue weighted by molar-refractivity contribution is 5.96. The monoisotopic (exact) mass is 270 g/mol. The van der Waals surface area contributed by atoms with Crippen molar-refractivity contribution in [3.63, 3.8) is 0 Å². The molecule has 1 fully saturated rings. The van der Waals surface area contributed by atoms with Gasteiger partial charge < -0.3 is 15.5 Å². The minimum absolute atomic E-state index is 0.230. The number of rotatable bonds is 6. The van der Waals surface area contributed by atoms with Crippen molar-refractivity contribution in [2.75, 3.05) is 26.2 Å². The van der Waals surface area contributed by atoms with E-state index in [-0.39, 0.29) is 18.0 Å². The first-order chi connectivity index (χ1) is 9.02. The first kappa shape index (κ1) is 15.9. The fourth-order valence-electron chi connectivity index (χ4n) is 2.33. The predicted molar refractivity (Wildman–Crippen MR) is 74.9 cm³/mol. The van der Waals surface area contributed by atoms with E-state index < -0.39 is 6.03 Å². The van der Waals surface area contributed by atoms with Crippen LogP contribution in [0, 0.1) is 0 Å². The number of nitrogens with zero attached hydrogens (tertiary/aromatic N) is 1. The van der Waals surface area contributed by atoms with Gasteiger partial charge in [-0.1, -0.05) is 0 Å². The van der Waals surface area contributed by atoms with Crippen LogP contribution in [0.15, 0.2) is 0 Å². The SMILES string of the molecule is CCNC(=O)NC(=O)C(C)NC(C)CN1CCCC1. The van der Waals surface area contributed by atoms with Crippen molar-refractivity contribution in [2.24, 2.45) is 0 Å². The predicted octanol–water partition coefficient (Wildman–Crippen LogP) is 0.295. The lowest BCUT2D eigenvalue weighted by molar-refractivity contribution is -0.121. The summed E-state index contributed by atoms with van der Waals surface area (Å²) in [5, 5.41) is 8.07.